The summed E-state index contributed by atoms with van der Waals surface area (Å²) in [5.41, 5.74) is 3.43. The minimum absolute atomic E-state index is 0.150. The number of anilines is 1. The first kappa shape index (κ1) is 26.6. The summed E-state index contributed by atoms with van der Waals surface area (Å²) in [5.74, 6) is -0.603. The first-order chi connectivity index (χ1) is 16.4. The Morgan fingerprint density at radius 1 is 1.06 bits per heavy atom. The van der Waals surface area contributed by atoms with Crippen LogP contribution in [0.4, 0.5) is 5.69 Å². The van der Waals surface area contributed by atoms with Crippen LogP contribution in [0.15, 0.2) is 24.3 Å². The number of benzene rings is 1. The summed E-state index contributed by atoms with van der Waals surface area (Å²) in [7, 11) is -4.06. The topological polar surface area (TPSA) is 119 Å². The number of hydroxylamine groups is 1. The van der Waals surface area contributed by atoms with Gasteiger partial charge in [-0.15, -0.1) is 0 Å². The molecule has 1 aromatic rings. The molecule has 1 aliphatic carbocycles. The molecule has 1 saturated carbocycles. The van der Waals surface area contributed by atoms with E-state index >= 15 is 0 Å². The molecule has 2 fully saturated rings. The highest BCUT2D eigenvalue weighted by molar-refractivity contribution is 7.86. The lowest BCUT2D eigenvalue weighted by Crippen LogP contribution is -2.52. The lowest BCUT2D eigenvalue weighted by atomic mass is 9.84. The monoisotopic (exact) mass is 494 g/mol. The van der Waals surface area contributed by atoms with E-state index in [0.29, 0.717) is 30.9 Å². The van der Waals surface area contributed by atoms with Gasteiger partial charge in [0.25, 0.3) is 16.1 Å². The molecule has 1 aromatic carbocycles. The van der Waals surface area contributed by atoms with Crippen LogP contribution in [-0.4, -0.2) is 59.7 Å². The maximum absolute atomic E-state index is 13.4. The molecule has 10 heteroatoms. The van der Waals surface area contributed by atoms with Crippen molar-refractivity contribution in [2.45, 2.75) is 83.1 Å². The van der Waals surface area contributed by atoms with E-state index in [1.54, 1.807) is 0 Å². The number of carbonyl (C=O) groups is 2. The molecule has 0 radical (unpaired) electrons. The third-order valence-corrected chi connectivity index (χ3v) is 8.83. The van der Waals surface area contributed by atoms with Gasteiger partial charge in [-0.3, -0.25) is 14.8 Å². The number of hydrogen-bond acceptors (Lipinski definition) is 5. The molecule has 34 heavy (non-hydrogen) atoms. The van der Waals surface area contributed by atoms with Gasteiger partial charge >= 0.3 is 0 Å². The highest BCUT2D eigenvalue weighted by atomic mass is 32.2. The molecule has 1 atom stereocenters. The highest BCUT2D eigenvalue weighted by Gasteiger charge is 2.42. The van der Waals surface area contributed by atoms with E-state index in [-0.39, 0.29) is 19.0 Å². The van der Waals surface area contributed by atoms with Gasteiger partial charge in [0.05, 0.1) is 6.54 Å². The molecular weight excluding hydrogens is 456 g/mol. The fraction of sp³-hybridized carbons (Fsp3) is 0.667. The Balaban J connectivity index is 1.68. The number of nitrogens with zero attached hydrogens (tertiary/aromatic N) is 2. The summed E-state index contributed by atoms with van der Waals surface area (Å²) in [4.78, 5) is 24.8. The third-order valence-electron chi connectivity index (χ3n) is 6.84. The first-order valence-corrected chi connectivity index (χ1v) is 13.9. The molecular formula is C24H38N4O5S. The van der Waals surface area contributed by atoms with Gasteiger partial charge in [-0.2, -0.15) is 17.0 Å². The highest BCUT2D eigenvalue weighted by Crippen LogP contribution is 2.33. The number of carbonyl (C=O) groups excluding carboxylic acids is 2. The van der Waals surface area contributed by atoms with Crippen LogP contribution < -0.4 is 10.8 Å². The Labute approximate surface area is 203 Å². The number of hydrogen-bond donors (Lipinski definition) is 3. The molecule has 190 valence electrons. The largest absolute Gasteiger partial charge is 0.325 e. The molecule has 3 N–H and O–H groups in total. The zero-order chi connectivity index (χ0) is 24.6. The molecule has 1 saturated heterocycles. The van der Waals surface area contributed by atoms with Crippen molar-refractivity contribution in [1.29, 1.82) is 0 Å². The smallest absolute Gasteiger partial charge is 0.283 e. The van der Waals surface area contributed by atoms with Gasteiger partial charge in [-0.1, -0.05) is 51.2 Å². The molecule has 1 heterocycles. The molecule has 0 spiro atoms. The van der Waals surface area contributed by atoms with Crippen molar-refractivity contribution >= 4 is 27.7 Å². The zero-order valence-electron chi connectivity index (χ0n) is 20.0. The minimum Gasteiger partial charge on any atom is -0.325 e. The van der Waals surface area contributed by atoms with Crippen molar-refractivity contribution in [3.8, 4) is 0 Å². The van der Waals surface area contributed by atoms with Gasteiger partial charge in [-0.05, 0) is 55.7 Å². The van der Waals surface area contributed by atoms with Crippen LogP contribution >= 0.6 is 0 Å². The SMILES string of the molecule is CCCCCN(CC(=O)NO)S(=O)(=O)N1CCCC1C(=O)Nc1ccc(C2CCCCC2)cc1. The predicted octanol–water partition coefficient (Wildman–Crippen LogP) is 3.38. The molecule has 9 nitrogen and oxygen atoms in total. The van der Waals surface area contributed by atoms with Gasteiger partial charge in [-0.25, -0.2) is 5.48 Å². The van der Waals surface area contributed by atoms with Crippen LogP contribution in [0.1, 0.15) is 82.6 Å². The van der Waals surface area contributed by atoms with Crippen molar-refractivity contribution in [3.05, 3.63) is 29.8 Å². The van der Waals surface area contributed by atoms with Gasteiger partial charge in [0, 0.05) is 18.8 Å². The van der Waals surface area contributed by atoms with Gasteiger partial charge in [0.1, 0.15) is 6.04 Å². The maximum atomic E-state index is 13.4. The van der Waals surface area contributed by atoms with Crippen LogP contribution in [0, 0.1) is 0 Å². The molecule has 0 bridgehead atoms. The normalized spacial score (nSPS) is 19.9. The number of amides is 2. The average molecular weight is 495 g/mol. The molecule has 2 amide bonds. The van der Waals surface area contributed by atoms with Gasteiger partial charge in [0.15, 0.2) is 0 Å². The molecule has 3 rings (SSSR count). The van der Waals surface area contributed by atoms with Crippen molar-refractivity contribution in [3.63, 3.8) is 0 Å². The Morgan fingerprint density at radius 2 is 1.76 bits per heavy atom. The molecule has 1 aliphatic heterocycles. The molecule has 0 aromatic heterocycles. The average Bonchev–Trinajstić information content (AvgIpc) is 3.36. The third kappa shape index (κ3) is 6.78. The second-order valence-corrected chi connectivity index (χ2v) is 11.2. The predicted molar refractivity (Wildman–Crippen MR) is 131 cm³/mol. The van der Waals surface area contributed by atoms with E-state index in [2.05, 4.69) is 17.4 Å². The van der Waals surface area contributed by atoms with Crippen LogP contribution in [0.2, 0.25) is 0 Å². The molecule has 2 aliphatic rings. The Bertz CT molecular complexity index is 916. The summed E-state index contributed by atoms with van der Waals surface area (Å²) in [6.07, 6.45) is 9.48. The standard InChI is InChI=1S/C24H38N4O5S/c1-2-3-7-16-27(18-23(29)26-31)34(32,33)28-17-8-11-22(28)24(30)25-21-14-12-20(13-15-21)19-9-5-4-6-10-19/h12-15,19,22,31H,2-11,16-18H2,1H3,(H,25,30)(H,26,29). The molecule has 1 unspecified atom stereocenters. The van der Waals surface area contributed by atoms with E-state index in [4.69, 9.17) is 5.21 Å². The lowest BCUT2D eigenvalue weighted by Gasteiger charge is -2.30. The van der Waals surface area contributed by atoms with Crippen molar-refractivity contribution in [2.75, 3.05) is 25.0 Å². The van der Waals surface area contributed by atoms with Crippen LogP contribution in [0.5, 0.6) is 0 Å². The van der Waals surface area contributed by atoms with E-state index in [1.165, 1.54) is 47.5 Å². The Morgan fingerprint density at radius 3 is 2.41 bits per heavy atom. The quantitative estimate of drug-likeness (QED) is 0.248. The Hall–Kier alpha value is -2.01. The fourth-order valence-corrected chi connectivity index (χ4v) is 6.76. The zero-order valence-corrected chi connectivity index (χ0v) is 20.9. The summed E-state index contributed by atoms with van der Waals surface area (Å²) in [6.45, 7) is 1.88. The summed E-state index contributed by atoms with van der Waals surface area (Å²) in [5, 5.41) is 11.8. The number of unbranched alkanes of at least 4 members (excludes halogenated alkanes) is 2. The van der Waals surface area contributed by atoms with Gasteiger partial charge < -0.3 is 5.32 Å². The van der Waals surface area contributed by atoms with Crippen LogP contribution in [-0.2, 0) is 19.8 Å². The van der Waals surface area contributed by atoms with Gasteiger partial charge in [0.2, 0.25) is 5.91 Å². The number of rotatable bonds is 11. The van der Waals surface area contributed by atoms with Crippen LogP contribution in [0.3, 0.4) is 0 Å². The van der Waals surface area contributed by atoms with E-state index in [0.717, 1.165) is 17.1 Å². The van der Waals surface area contributed by atoms with E-state index < -0.39 is 28.7 Å². The second kappa shape index (κ2) is 12.6. The summed E-state index contributed by atoms with van der Waals surface area (Å²) < 4.78 is 29.0. The summed E-state index contributed by atoms with van der Waals surface area (Å²) in [6, 6.07) is 7.04. The van der Waals surface area contributed by atoms with Crippen molar-refractivity contribution < 1.29 is 23.2 Å². The summed E-state index contributed by atoms with van der Waals surface area (Å²) >= 11 is 0. The van der Waals surface area contributed by atoms with Crippen molar-refractivity contribution in [1.82, 2.24) is 14.1 Å². The van der Waals surface area contributed by atoms with E-state index in [1.807, 2.05) is 19.1 Å². The number of nitrogens with one attached hydrogen (secondary N) is 2. The fourth-order valence-electron chi connectivity index (χ4n) is 4.94. The van der Waals surface area contributed by atoms with E-state index in [9.17, 15) is 18.0 Å². The van der Waals surface area contributed by atoms with Crippen molar-refractivity contribution in [2.24, 2.45) is 0 Å². The second-order valence-electron chi connectivity index (χ2n) is 9.30. The maximum Gasteiger partial charge on any atom is 0.283 e. The first-order valence-electron chi connectivity index (χ1n) is 12.5. The van der Waals surface area contributed by atoms with Crippen LogP contribution in [0.25, 0.3) is 0 Å². The lowest BCUT2D eigenvalue weighted by molar-refractivity contribution is -0.129. The Kier molecular flexibility index (Phi) is 9.87. The minimum atomic E-state index is -4.06.